The first-order valence-electron chi connectivity index (χ1n) is 7.95. The van der Waals surface area contributed by atoms with Crippen molar-refractivity contribution in [2.45, 2.75) is 32.7 Å². The van der Waals surface area contributed by atoms with Crippen molar-refractivity contribution in [3.05, 3.63) is 47.3 Å². The Bertz CT molecular complexity index is 635. The van der Waals surface area contributed by atoms with Gasteiger partial charge in [0.15, 0.2) is 5.69 Å². The SMILES string of the molecule is CCCCN(C(=O)c1n[nH]c2c1CNCC2)c1ccccc1. The van der Waals surface area contributed by atoms with Crippen LogP contribution >= 0.6 is 0 Å². The van der Waals surface area contributed by atoms with Crippen molar-refractivity contribution in [1.82, 2.24) is 15.5 Å². The lowest BCUT2D eigenvalue weighted by Gasteiger charge is -2.23. The van der Waals surface area contributed by atoms with E-state index in [0.717, 1.165) is 42.8 Å². The Morgan fingerprint density at radius 1 is 1.32 bits per heavy atom. The number of aromatic amines is 1. The van der Waals surface area contributed by atoms with Crippen molar-refractivity contribution in [3.8, 4) is 0 Å². The molecule has 5 nitrogen and oxygen atoms in total. The average Bonchev–Trinajstić information content (AvgIpc) is 3.00. The average molecular weight is 298 g/mol. The van der Waals surface area contributed by atoms with E-state index in [4.69, 9.17) is 0 Å². The highest BCUT2D eigenvalue weighted by molar-refractivity contribution is 6.05. The molecular weight excluding hydrogens is 276 g/mol. The van der Waals surface area contributed by atoms with E-state index in [2.05, 4.69) is 22.4 Å². The van der Waals surface area contributed by atoms with Crippen LogP contribution in [0.25, 0.3) is 0 Å². The van der Waals surface area contributed by atoms with Gasteiger partial charge in [-0.05, 0) is 18.6 Å². The van der Waals surface area contributed by atoms with Crippen LogP contribution in [0.4, 0.5) is 5.69 Å². The van der Waals surface area contributed by atoms with Crippen molar-refractivity contribution in [2.24, 2.45) is 0 Å². The number of anilines is 1. The molecule has 116 valence electrons. The lowest BCUT2D eigenvalue weighted by atomic mass is 10.1. The van der Waals surface area contributed by atoms with Gasteiger partial charge in [-0.2, -0.15) is 5.10 Å². The molecule has 5 heteroatoms. The zero-order valence-corrected chi connectivity index (χ0v) is 12.9. The number of para-hydroxylation sites is 1. The number of unbranched alkanes of at least 4 members (excludes halogenated alkanes) is 1. The molecule has 1 aliphatic rings. The van der Waals surface area contributed by atoms with Crippen molar-refractivity contribution in [1.29, 1.82) is 0 Å². The van der Waals surface area contributed by atoms with Gasteiger partial charge < -0.3 is 10.2 Å². The molecule has 0 atom stereocenters. The molecule has 0 saturated carbocycles. The summed E-state index contributed by atoms with van der Waals surface area (Å²) in [6.07, 6.45) is 2.93. The monoisotopic (exact) mass is 298 g/mol. The second-order valence-corrected chi connectivity index (χ2v) is 5.60. The number of nitrogens with one attached hydrogen (secondary N) is 2. The summed E-state index contributed by atoms with van der Waals surface area (Å²) in [6.45, 7) is 4.49. The first kappa shape index (κ1) is 14.8. The molecule has 3 rings (SSSR count). The summed E-state index contributed by atoms with van der Waals surface area (Å²) in [7, 11) is 0. The molecule has 1 aromatic carbocycles. The van der Waals surface area contributed by atoms with Gasteiger partial charge in [-0.15, -0.1) is 0 Å². The van der Waals surface area contributed by atoms with Crippen LogP contribution in [0.3, 0.4) is 0 Å². The first-order chi connectivity index (χ1) is 10.8. The largest absolute Gasteiger partial charge is 0.312 e. The third-order valence-electron chi connectivity index (χ3n) is 4.06. The first-order valence-corrected chi connectivity index (χ1v) is 7.95. The quantitative estimate of drug-likeness (QED) is 0.891. The molecular formula is C17H22N4O. The number of H-pyrrole nitrogens is 1. The number of nitrogens with zero attached hydrogens (tertiary/aromatic N) is 2. The van der Waals surface area contributed by atoms with E-state index >= 15 is 0 Å². The maximum atomic E-state index is 13.0. The molecule has 0 bridgehead atoms. The number of benzene rings is 1. The van der Waals surface area contributed by atoms with Gasteiger partial charge in [0.05, 0.1) is 0 Å². The van der Waals surface area contributed by atoms with Crippen LogP contribution in [0, 0.1) is 0 Å². The summed E-state index contributed by atoms with van der Waals surface area (Å²) in [5, 5.41) is 10.6. The molecule has 0 radical (unpaired) electrons. The van der Waals surface area contributed by atoms with Crippen molar-refractivity contribution in [2.75, 3.05) is 18.0 Å². The summed E-state index contributed by atoms with van der Waals surface area (Å²) >= 11 is 0. The Morgan fingerprint density at radius 2 is 2.14 bits per heavy atom. The fourth-order valence-corrected chi connectivity index (χ4v) is 2.80. The Labute approximate surface area is 130 Å². The number of amides is 1. The number of carbonyl (C=O) groups excluding carboxylic acids is 1. The summed E-state index contributed by atoms with van der Waals surface area (Å²) in [4.78, 5) is 14.8. The van der Waals surface area contributed by atoms with Crippen LogP contribution in [0.5, 0.6) is 0 Å². The molecule has 22 heavy (non-hydrogen) atoms. The standard InChI is InChI=1S/C17H22N4O/c1-2-3-11-21(13-7-5-4-6-8-13)17(22)16-14-12-18-10-9-15(14)19-20-16/h4-8,18H,2-3,9-12H2,1H3,(H,19,20). The summed E-state index contributed by atoms with van der Waals surface area (Å²) in [6, 6.07) is 9.84. The molecule has 1 amide bonds. The molecule has 2 heterocycles. The van der Waals surface area contributed by atoms with E-state index in [9.17, 15) is 4.79 Å². The Morgan fingerprint density at radius 3 is 2.91 bits per heavy atom. The maximum Gasteiger partial charge on any atom is 0.279 e. The summed E-state index contributed by atoms with van der Waals surface area (Å²) < 4.78 is 0. The molecule has 1 aromatic heterocycles. The summed E-state index contributed by atoms with van der Waals surface area (Å²) in [5.74, 6) is -0.0131. The van der Waals surface area contributed by atoms with Crippen molar-refractivity contribution in [3.63, 3.8) is 0 Å². The van der Waals surface area contributed by atoms with E-state index in [-0.39, 0.29) is 5.91 Å². The van der Waals surface area contributed by atoms with Crippen LogP contribution in [0.15, 0.2) is 30.3 Å². The summed E-state index contributed by atoms with van der Waals surface area (Å²) in [5.41, 5.74) is 3.60. The highest BCUT2D eigenvalue weighted by atomic mass is 16.2. The number of carbonyl (C=O) groups is 1. The molecule has 0 unspecified atom stereocenters. The minimum Gasteiger partial charge on any atom is -0.312 e. The van der Waals surface area contributed by atoms with Gasteiger partial charge in [-0.1, -0.05) is 31.5 Å². The molecule has 2 N–H and O–H groups in total. The van der Waals surface area contributed by atoms with Crippen LogP contribution < -0.4 is 10.2 Å². The molecule has 0 fully saturated rings. The highest BCUT2D eigenvalue weighted by Crippen LogP contribution is 2.21. The van der Waals surface area contributed by atoms with Gasteiger partial charge >= 0.3 is 0 Å². The smallest absolute Gasteiger partial charge is 0.279 e. The van der Waals surface area contributed by atoms with Crippen molar-refractivity contribution < 1.29 is 4.79 Å². The van der Waals surface area contributed by atoms with Gasteiger partial charge in [0.25, 0.3) is 5.91 Å². The second-order valence-electron chi connectivity index (χ2n) is 5.60. The zero-order chi connectivity index (χ0) is 15.4. The Balaban J connectivity index is 1.90. The van der Waals surface area contributed by atoms with E-state index in [1.807, 2.05) is 35.2 Å². The van der Waals surface area contributed by atoms with E-state index in [1.54, 1.807) is 0 Å². The third-order valence-corrected chi connectivity index (χ3v) is 4.06. The third kappa shape index (κ3) is 2.90. The molecule has 0 spiro atoms. The van der Waals surface area contributed by atoms with Crippen LogP contribution in [0.1, 0.15) is 41.5 Å². The number of hydrogen-bond acceptors (Lipinski definition) is 3. The lowest BCUT2D eigenvalue weighted by molar-refractivity contribution is 0.0980. The van der Waals surface area contributed by atoms with Gasteiger partial charge in [-0.25, -0.2) is 0 Å². The normalized spacial score (nSPS) is 13.7. The minimum atomic E-state index is -0.0131. The lowest BCUT2D eigenvalue weighted by Crippen LogP contribution is -2.34. The van der Waals surface area contributed by atoms with E-state index in [1.165, 1.54) is 0 Å². The number of fused-ring (bicyclic) bond motifs is 1. The van der Waals surface area contributed by atoms with E-state index in [0.29, 0.717) is 18.8 Å². The van der Waals surface area contributed by atoms with Crippen LogP contribution in [-0.4, -0.2) is 29.2 Å². The maximum absolute atomic E-state index is 13.0. The Hall–Kier alpha value is -2.14. The molecule has 0 aliphatic carbocycles. The molecule has 0 saturated heterocycles. The molecule has 2 aromatic rings. The number of aromatic nitrogens is 2. The van der Waals surface area contributed by atoms with Crippen molar-refractivity contribution >= 4 is 11.6 Å². The van der Waals surface area contributed by atoms with Crippen LogP contribution in [0.2, 0.25) is 0 Å². The number of hydrogen-bond donors (Lipinski definition) is 2. The highest BCUT2D eigenvalue weighted by Gasteiger charge is 2.26. The van der Waals surface area contributed by atoms with Crippen LogP contribution in [-0.2, 0) is 13.0 Å². The fourth-order valence-electron chi connectivity index (χ4n) is 2.80. The number of rotatable bonds is 5. The minimum absolute atomic E-state index is 0.0131. The van der Waals surface area contributed by atoms with Gasteiger partial charge in [0.1, 0.15) is 0 Å². The predicted octanol–water partition coefficient (Wildman–Crippen LogP) is 2.50. The van der Waals surface area contributed by atoms with Gasteiger partial charge in [0, 0.05) is 43.0 Å². The van der Waals surface area contributed by atoms with Gasteiger partial charge in [0.2, 0.25) is 0 Å². The fraction of sp³-hybridized carbons (Fsp3) is 0.412. The van der Waals surface area contributed by atoms with E-state index < -0.39 is 0 Å². The molecule has 1 aliphatic heterocycles. The topological polar surface area (TPSA) is 61.0 Å². The van der Waals surface area contributed by atoms with Gasteiger partial charge in [-0.3, -0.25) is 9.89 Å². The second kappa shape index (κ2) is 6.75. The Kier molecular flexibility index (Phi) is 4.53. The predicted molar refractivity (Wildman–Crippen MR) is 87.0 cm³/mol. The zero-order valence-electron chi connectivity index (χ0n) is 12.9.